The highest BCUT2D eigenvalue weighted by Gasteiger charge is 2.46. The number of nitrogens with zero attached hydrogens (tertiary/aromatic N) is 2. The Balaban J connectivity index is 1.30. The van der Waals surface area contributed by atoms with Gasteiger partial charge in [0.05, 0.1) is 5.60 Å². The van der Waals surface area contributed by atoms with Crippen LogP contribution in [0.5, 0.6) is 0 Å². The van der Waals surface area contributed by atoms with Crippen molar-refractivity contribution in [3.63, 3.8) is 0 Å². The molecule has 1 aromatic rings. The van der Waals surface area contributed by atoms with Crippen LogP contribution in [0.15, 0.2) is 24.3 Å². The lowest BCUT2D eigenvalue weighted by molar-refractivity contribution is -0.125. The Morgan fingerprint density at radius 2 is 1.84 bits per heavy atom. The van der Waals surface area contributed by atoms with Gasteiger partial charge in [-0.25, -0.2) is 14.0 Å². The van der Waals surface area contributed by atoms with Crippen molar-refractivity contribution in [1.82, 2.24) is 20.4 Å². The summed E-state index contributed by atoms with van der Waals surface area (Å²) in [5.74, 6) is -0.283. The minimum atomic E-state index is -0.283. The van der Waals surface area contributed by atoms with Gasteiger partial charge in [-0.2, -0.15) is 0 Å². The van der Waals surface area contributed by atoms with Gasteiger partial charge >= 0.3 is 12.1 Å². The molecule has 0 radical (unpaired) electrons. The summed E-state index contributed by atoms with van der Waals surface area (Å²) in [6.45, 7) is 4.88. The zero-order chi connectivity index (χ0) is 21.8. The normalized spacial score (nSPS) is 22.8. The lowest BCUT2D eigenvalue weighted by Gasteiger charge is -2.48. The van der Waals surface area contributed by atoms with Crippen LogP contribution in [0.3, 0.4) is 0 Å². The third kappa shape index (κ3) is 5.29. The van der Waals surface area contributed by atoms with Crippen molar-refractivity contribution in [3.05, 3.63) is 35.6 Å². The third-order valence-corrected chi connectivity index (χ3v) is 6.68. The molecule has 4 amide bonds. The molecule has 1 aliphatic carbocycles. The molecule has 2 saturated heterocycles. The molecule has 4 rings (SSSR count). The zero-order valence-corrected chi connectivity index (χ0v) is 18.2. The molecule has 1 unspecified atom stereocenters. The van der Waals surface area contributed by atoms with Crippen LogP contribution in [-0.2, 0) is 11.3 Å². The maximum absolute atomic E-state index is 13.0. The summed E-state index contributed by atoms with van der Waals surface area (Å²) in [5, 5.41) is 5.89. The number of nitrogens with one attached hydrogen (secondary N) is 2. The molecular formula is C23H33FN4O3. The van der Waals surface area contributed by atoms with Gasteiger partial charge in [-0.05, 0) is 63.1 Å². The molecule has 1 saturated carbocycles. The molecule has 1 aromatic carbocycles. The predicted molar refractivity (Wildman–Crippen MR) is 115 cm³/mol. The second kappa shape index (κ2) is 9.42. The van der Waals surface area contributed by atoms with E-state index in [1.54, 1.807) is 12.1 Å². The maximum atomic E-state index is 13.0. The molecule has 7 nitrogen and oxygen atoms in total. The summed E-state index contributed by atoms with van der Waals surface area (Å²) in [4.78, 5) is 29.1. The second-order valence-electron chi connectivity index (χ2n) is 8.92. The number of rotatable bonds is 5. The average Bonchev–Trinajstić information content (AvgIpc) is 3.59. The molecule has 2 heterocycles. The molecule has 8 heteroatoms. The van der Waals surface area contributed by atoms with E-state index in [1.807, 2.05) is 11.8 Å². The Morgan fingerprint density at radius 3 is 2.48 bits per heavy atom. The van der Waals surface area contributed by atoms with Gasteiger partial charge < -0.3 is 25.2 Å². The fourth-order valence-electron chi connectivity index (χ4n) is 4.82. The predicted octanol–water partition coefficient (Wildman–Crippen LogP) is 3.24. The number of likely N-dealkylation sites (tertiary alicyclic amines) is 1. The quantitative estimate of drug-likeness (QED) is 0.750. The van der Waals surface area contributed by atoms with Crippen molar-refractivity contribution in [2.45, 2.75) is 69.7 Å². The molecule has 170 valence electrons. The van der Waals surface area contributed by atoms with Crippen LogP contribution in [0.1, 0.15) is 51.0 Å². The summed E-state index contributed by atoms with van der Waals surface area (Å²) >= 11 is 0. The molecule has 2 aliphatic heterocycles. The molecule has 3 fully saturated rings. The smallest absolute Gasteiger partial charge is 0.317 e. The van der Waals surface area contributed by atoms with Crippen LogP contribution in [0.2, 0.25) is 0 Å². The number of carbonyl (C=O) groups excluding carboxylic acids is 2. The van der Waals surface area contributed by atoms with Crippen LogP contribution in [-0.4, -0.2) is 65.8 Å². The number of benzene rings is 1. The third-order valence-electron chi connectivity index (χ3n) is 6.68. The highest BCUT2D eigenvalue weighted by molar-refractivity contribution is 5.75. The first-order valence-electron chi connectivity index (χ1n) is 11.5. The highest BCUT2D eigenvalue weighted by atomic mass is 19.1. The molecule has 31 heavy (non-hydrogen) atoms. The van der Waals surface area contributed by atoms with E-state index >= 15 is 0 Å². The summed E-state index contributed by atoms with van der Waals surface area (Å²) in [6, 6.07) is 6.66. The van der Waals surface area contributed by atoms with Crippen molar-refractivity contribution >= 4 is 12.1 Å². The summed E-state index contributed by atoms with van der Waals surface area (Å²) < 4.78 is 19.3. The first-order valence-corrected chi connectivity index (χ1v) is 11.5. The summed E-state index contributed by atoms with van der Waals surface area (Å²) in [6.07, 6.45) is 5.44. The van der Waals surface area contributed by atoms with E-state index in [0.717, 1.165) is 44.1 Å². The zero-order valence-electron chi connectivity index (χ0n) is 18.2. The Labute approximate surface area is 183 Å². The van der Waals surface area contributed by atoms with Gasteiger partial charge in [0.25, 0.3) is 0 Å². The van der Waals surface area contributed by atoms with E-state index in [9.17, 15) is 14.0 Å². The Morgan fingerprint density at radius 1 is 1.13 bits per heavy atom. The van der Waals surface area contributed by atoms with Crippen LogP contribution >= 0.6 is 0 Å². The van der Waals surface area contributed by atoms with Crippen molar-refractivity contribution < 1.29 is 18.7 Å². The molecule has 1 spiro atoms. The van der Waals surface area contributed by atoms with Crippen LogP contribution in [0.25, 0.3) is 0 Å². The van der Waals surface area contributed by atoms with Crippen LogP contribution < -0.4 is 10.6 Å². The van der Waals surface area contributed by atoms with Gasteiger partial charge in [-0.3, -0.25) is 0 Å². The van der Waals surface area contributed by atoms with Gasteiger partial charge in [-0.1, -0.05) is 12.1 Å². The molecular weight excluding hydrogens is 399 g/mol. The van der Waals surface area contributed by atoms with Gasteiger partial charge in [0.2, 0.25) is 0 Å². The van der Waals surface area contributed by atoms with E-state index in [0.29, 0.717) is 38.8 Å². The second-order valence-corrected chi connectivity index (χ2v) is 8.92. The first-order chi connectivity index (χ1) is 15.0. The summed E-state index contributed by atoms with van der Waals surface area (Å²) in [7, 11) is 0. The molecule has 1 atom stereocenters. The number of piperidine rings is 1. The lowest BCUT2D eigenvalue weighted by atomic mass is 9.82. The van der Waals surface area contributed by atoms with Gasteiger partial charge in [0.1, 0.15) is 5.82 Å². The standard InChI is InChI=1S/C23H33FN4O3/c1-2-25-22(30)28(19-7-8-19)20-9-14-31-23(15-20)10-12-27(13-11-23)21(29)26-16-17-3-5-18(24)6-4-17/h3-6,19-20H,2,7-16H2,1H3,(H,25,30)(H,26,29). The average molecular weight is 433 g/mol. The number of halogens is 1. The Bertz CT molecular complexity index is 776. The van der Waals surface area contributed by atoms with Gasteiger partial charge in [0, 0.05) is 44.9 Å². The van der Waals surface area contributed by atoms with Gasteiger partial charge in [0.15, 0.2) is 0 Å². The van der Waals surface area contributed by atoms with Crippen LogP contribution in [0.4, 0.5) is 14.0 Å². The van der Waals surface area contributed by atoms with E-state index in [2.05, 4.69) is 15.5 Å². The van der Waals surface area contributed by atoms with Crippen molar-refractivity contribution in [2.75, 3.05) is 26.2 Å². The van der Waals surface area contributed by atoms with Crippen molar-refractivity contribution in [2.24, 2.45) is 0 Å². The molecule has 0 aromatic heterocycles. The van der Waals surface area contributed by atoms with Crippen LogP contribution in [0, 0.1) is 5.82 Å². The Kier molecular flexibility index (Phi) is 6.65. The van der Waals surface area contributed by atoms with Crippen molar-refractivity contribution in [3.8, 4) is 0 Å². The topological polar surface area (TPSA) is 73.9 Å². The number of ether oxygens (including phenoxy) is 1. The molecule has 0 bridgehead atoms. The van der Waals surface area contributed by atoms with E-state index < -0.39 is 0 Å². The highest BCUT2D eigenvalue weighted by Crippen LogP contribution is 2.40. The number of hydrogen-bond acceptors (Lipinski definition) is 3. The number of urea groups is 2. The van der Waals surface area contributed by atoms with E-state index in [1.165, 1.54) is 12.1 Å². The Hall–Kier alpha value is -2.35. The first kappa shape index (κ1) is 21.9. The van der Waals surface area contributed by atoms with Gasteiger partial charge in [-0.15, -0.1) is 0 Å². The molecule has 2 N–H and O–H groups in total. The number of amides is 4. The monoisotopic (exact) mass is 432 g/mol. The van der Waals surface area contributed by atoms with E-state index in [4.69, 9.17) is 4.74 Å². The lowest BCUT2D eigenvalue weighted by Crippen LogP contribution is -2.57. The fourth-order valence-corrected chi connectivity index (χ4v) is 4.82. The summed E-state index contributed by atoms with van der Waals surface area (Å²) in [5.41, 5.74) is 0.614. The largest absolute Gasteiger partial charge is 0.375 e. The minimum Gasteiger partial charge on any atom is -0.375 e. The fraction of sp³-hybridized carbons (Fsp3) is 0.652. The SMILES string of the molecule is CCNC(=O)N(C1CC1)C1CCOC2(CCN(C(=O)NCc3ccc(F)cc3)CC2)C1. The minimum absolute atomic E-state index is 0.0460. The molecule has 3 aliphatic rings. The maximum Gasteiger partial charge on any atom is 0.317 e. The number of hydrogen-bond donors (Lipinski definition) is 2. The number of carbonyl (C=O) groups is 2. The van der Waals surface area contributed by atoms with E-state index in [-0.39, 0.29) is 29.5 Å². The van der Waals surface area contributed by atoms with Crippen molar-refractivity contribution in [1.29, 1.82) is 0 Å².